The smallest absolute Gasteiger partial charge is 0.227 e. The second-order valence-corrected chi connectivity index (χ2v) is 9.55. The molecule has 0 atom stereocenters. The third-order valence-corrected chi connectivity index (χ3v) is 7.03. The van der Waals surface area contributed by atoms with Crippen molar-refractivity contribution >= 4 is 9.84 Å². The highest BCUT2D eigenvalue weighted by atomic mass is 32.2. The summed E-state index contributed by atoms with van der Waals surface area (Å²) in [6, 6.07) is 1.82. The lowest BCUT2D eigenvalue weighted by Crippen LogP contribution is -2.25. The van der Waals surface area contributed by atoms with Crippen molar-refractivity contribution in [1.82, 2.24) is 19.6 Å². The highest BCUT2D eigenvalue weighted by Crippen LogP contribution is 2.27. The Morgan fingerprint density at radius 3 is 2.75 bits per heavy atom. The summed E-state index contributed by atoms with van der Waals surface area (Å²) in [5.74, 6) is 0.426. The minimum atomic E-state index is -3.44. The van der Waals surface area contributed by atoms with E-state index in [1.165, 1.54) is 6.42 Å². The summed E-state index contributed by atoms with van der Waals surface area (Å²) in [5, 5.41) is 4.09. The van der Waals surface area contributed by atoms with E-state index in [4.69, 9.17) is 9.26 Å². The molecular formula is C19H30N4O4S. The molecule has 1 fully saturated rings. The molecule has 0 amide bonds. The molecule has 2 aromatic rings. The van der Waals surface area contributed by atoms with Gasteiger partial charge < -0.3 is 13.8 Å². The first-order valence-electron chi connectivity index (χ1n) is 9.83. The Labute approximate surface area is 166 Å². The van der Waals surface area contributed by atoms with E-state index >= 15 is 0 Å². The molecule has 28 heavy (non-hydrogen) atoms. The standard InChI is InChI=1S/C19H30N4O4S/c1-22(13-17-8-10-27-21-17)14-18-12-20-19(23(18)9-11-26-2)28(24,25)15-16-6-4-3-5-7-16/h8,10,12,16H,3-7,9,11,13-15H2,1-2H3. The number of rotatable bonds is 10. The Morgan fingerprint density at radius 1 is 1.29 bits per heavy atom. The van der Waals surface area contributed by atoms with Crippen molar-refractivity contribution in [3.8, 4) is 0 Å². The predicted octanol–water partition coefficient (Wildman–Crippen LogP) is 2.50. The third-order valence-electron chi connectivity index (χ3n) is 5.23. The van der Waals surface area contributed by atoms with Crippen LogP contribution in [0.2, 0.25) is 0 Å². The summed E-state index contributed by atoms with van der Waals surface area (Å²) in [4.78, 5) is 6.37. The van der Waals surface area contributed by atoms with Gasteiger partial charge >= 0.3 is 0 Å². The van der Waals surface area contributed by atoms with Gasteiger partial charge in [-0.2, -0.15) is 0 Å². The van der Waals surface area contributed by atoms with Gasteiger partial charge in [0.25, 0.3) is 0 Å². The molecule has 0 bridgehead atoms. The Balaban J connectivity index is 1.76. The number of methoxy groups -OCH3 is 1. The van der Waals surface area contributed by atoms with Crippen molar-refractivity contribution in [3.05, 3.63) is 29.9 Å². The molecular weight excluding hydrogens is 380 g/mol. The molecule has 156 valence electrons. The van der Waals surface area contributed by atoms with Gasteiger partial charge in [0.15, 0.2) is 0 Å². The summed E-state index contributed by atoms with van der Waals surface area (Å²) in [6.07, 6.45) is 8.65. The first-order valence-corrected chi connectivity index (χ1v) is 11.5. The van der Waals surface area contributed by atoms with E-state index in [-0.39, 0.29) is 16.8 Å². The monoisotopic (exact) mass is 410 g/mol. The SMILES string of the molecule is COCCn1c(CN(C)Cc2ccon2)cnc1S(=O)(=O)CC1CCCCC1. The van der Waals surface area contributed by atoms with Crippen LogP contribution in [0.15, 0.2) is 28.2 Å². The lowest BCUT2D eigenvalue weighted by atomic mass is 9.91. The van der Waals surface area contributed by atoms with Gasteiger partial charge in [0.2, 0.25) is 15.0 Å². The summed E-state index contributed by atoms with van der Waals surface area (Å²) in [6.45, 7) is 2.06. The Morgan fingerprint density at radius 2 is 2.07 bits per heavy atom. The normalized spacial score (nSPS) is 16.1. The van der Waals surface area contributed by atoms with Crippen molar-refractivity contribution in [2.75, 3.05) is 26.5 Å². The zero-order chi connectivity index (χ0) is 20.0. The maximum Gasteiger partial charge on any atom is 0.227 e. The molecule has 0 aromatic carbocycles. The van der Waals surface area contributed by atoms with Crippen molar-refractivity contribution in [1.29, 1.82) is 0 Å². The van der Waals surface area contributed by atoms with E-state index < -0.39 is 9.84 Å². The van der Waals surface area contributed by atoms with Crippen LogP contribution in [0, 0.1) is 5.92 Å². The fourth-order valence-electron chi connectivity index (χ4n) is 3.85. The molecule has 9 heteroatoms. The predicted molar refractivity (Wildman–Crippen MR) is 104 cm³/mol. The fourth-order valence-corrected chi connectivity index (χ4v) is 5.72. The molecule has 2 aromatic heterocycles. The first-order chi connectivity index (χ1) is 13.5. The molecule has 0 saturated heterocycles. The van der Waals surface area contributed by atoms with Gasteiger partial charge in [-0.15, -0.1) is 0 Å². The average Bonchev–Trinajstić information content (AvgIpc) is 3.30. The van der Waals surface area contributed by atoms with Gasteiger partial charge in [-0.25, -0.2) is 13.4 Å². The molecule has 1 aliphatic rings. The third kappa shape index (κ3) is 5.42. The maximum absolute atomic E-state index is 13.1. The number of imidazole rings is 1. The molecule has 0 unspecified atom stereocenters. The fraction of sp³-hybridized carbons (Fsp3) is 0.684. The average molecular weight is 411 g/mol. The second-order valence-electron chi connectivity index (χ2n) is 7.63. The van der Waals surface area contributed by atoms with E-state index in [0.29, 0.717) is 26.2 Å². The van der Waals surface area contributed by atoms with Crippen molar-refractivity contribution in [2.24, 2.45) is 5.92 Å². The van der Waals surface area contributed by atoms with Crippen molar-refractivity contribution in [3.63, 3.8) is 0 Å². The number of nitrogens with zero attached hydrogens (tertiary/aromatic N) is 4. The maximum atomic E-state index is 13.1. The van der Waals surface area contributed by atoms with Crippen LogP contribution < -0.4 is 0 Å². The molecule has 1 saturated carbocycles. The quantitative estimate of drug-likeness (QED) is 0.594. The van der Waals surface area contributed by atoms with Gasteiger partial charge in [0.05, 0.1) is 29.9 Å². The van der Waals surface area contributed by atoms with Gasteiger partial charge in [0.1, 0.15) is 6.26 Å². The van der Waals surface area contributed by atoms with E-state index in [1.807, 2.05) is 13.1 Å². The zero-order valence-corrected chi connectivity index (χ0v) is 17.5. The second kappa shape index (κ2) is 9.67. The van der Waals surface area contributed by atoms with Crippen LogP contribution in [-0.4, -0.2) is 54.5 Å². The van der Waals surface area contributed by atoms with E-state index in [1.54, 1.807) is 24.1 Å². The Kier molecular flexibility index (Phi) is 7.25. The molecule has 0 N–H and O–H groups in total. The number of ether oxygens (including phenoxy) is 1. The molecule has 8 nitrogen and oxygen atoms in total. The number of sulfone groups is 1. The van der Waals surface area contributed by atoms with E-state index in [0.717, 1.165) is 37.1 Å². The van der Waals surface area contributed by atoms with Gasteiger partial charge in [-0.05, 0) is 25.8 Å². The number of aromatic nitrogens is 3. The van der Waals surface area contributed by atoms with Gasteiger partial charge in [0, 0.05) is 32.8 Å². The summed E-state index contributed by atoms with van der Waals surface area (Å²) in [7, 11) is 0.136. The molecule has 2 heterocycles. The zero-order valence-electron chi connectivity index (χ0n) is 16.7. The summed E-state index contributed by atoms with van der Waals surface area (Å²) < 4.78 is 38.0. The first kappa shape index (κ1) is 21.0. The number of hydrogen-bond acceptors (Lipinski definition) is 7. The lowest BCUT2D eigenvalue weighted by molar-refractivity contribution is 0.181. The highest BCUT2D eigenvalue weighted by molar-refractivity contribution is 7.91. The molecule has 0 radical (unpaired) electrons. The van der Waals surface area contributed by atoms with Gasteiger partial charge in [-0.3, -0.25) is 4.90 Å². The van der Waals surface area contributed by atoms with Crippen LogP contribution in [-0.2, 0) is 34.2 Å². The number of hydrogen-bond donors (Lipinski definition) is 0. The largest absolute Gasteiger partial charge is 0.383 e. The van der Waals surface area contributed by atoms with Crippen LogP contribution >= 0.6 is 0 Å². The minimum Gasteiger partial charge on any atom is -0.383 e. The molecule has 3 rings (SSSR count). The minimum absolute atomic E-state index is 0.167. The Bertz CT molecular complexity index is 826. The van der Waals surface area contributed by atoms with Crippen LogP contribution in [0.4, 0.5) is 0 Å². The van der Waals surface area contributed by atoms with Crippen LogP contribution in [0.3, 0.4) is 0 Å². The topological polar surface area (TPSA) is 90.5 Å². The van der Waals surface area contributed by atoms with Crippen LogP contribution in [0.5, 0.6) is 0 Å². The summed E-state index contributed by atoms with van der Waals surface area (Å²) in [5.41, 5.74) is 1.68. The Hall–Kier alpha value is -1.71. The lowest BCUT2D eigenvalue weighted by Gasteiger charge is -2.22. The van der Waals surface area contributed by atoms with E-state index in [2.05, 4.69) is 15.0 Å². The summed E-state index contributed by atoms with van der Waals surface area (Å²) >= 11 is 0. The van der Waals surface area contributed by atoms with Crippen molar-refractivity contribution < 1.29 is 17.7 Å². The van der Waals surface area contributed by atoms with Crippen LogP contribution in [0.1, 0.15) is 43.5 Å². The highest BCUT2D eigenvalue weighted by Gasteiger charge is 2.28. The van der Waals surface area contributed by atoms with Crippen molar-refractivity contribution in [2.45, 2.75) is 56.9 Å². The molecule has 0 aliphatic heterocycles. The van der Waals surface area contributed by atoms with Crippen LogP contribution in [0.25, 0.3) is 0 Å². The molecule has 0 spiro atoms. The molecule has 1 aliphatic carbocycles. The van der Waals surface area contributed by atoms with E-state index in [9.17, 15) is 8.42 Å². The van der Waals surface area contributed by atoms with Gasteiger partial charge in [-0.1, -0.05) is 24.4 Å².